The van der Waals surface area contributed by atoms with Crippen molar-refractivity contribution in [1.29, 1.82) is 0 Å². The van der Waals surface area contributed by atoms with Crippen LogP contribution in [-0.4, -0.2) is 89.7 Å². The van der Waals surface area contributed by atoms with Crippen LogP contribution >= 0.6 is 0 Å². The number of hydrogen-bond donors (Lipinski definition) is 0. The summed E-state index contributed by atoms with van der Waals surface area (Å²) in [5.41, 5.74) is -0.0467. The third-order valence-corrected chi connectivity index (χ3v) is 6.90. The Morgan fingerprint density at radius 3 is 2.56 bits per heavy atom. The SMILES string of the molecule is CC(C)CC(CC(=O)N1CCOCC1)C(=O)N1CCC2C1C(=O)CN2C(=O)c1cccc[n+]1[O-]. The van der Waals surface area contributed by atoms with E-state index < -0.39 is 23.9 Å². The number of amides is 3. The molecule has 4 rings (SSSR count). The van der Waals surface area contributed by atoms with Crippen molar-refractivity contribution in [1.82, 2.24) is 14.7 Å². The molecule has 0 saturated carbocycles. The Kier molecular flexibility index (Phi) is 7.16. The summed E-state index contributed by atoms with van der Waals surface area (Å²) >= 11 is 0. The van der Waals surface area contributed by atoms with Gasteiger partial charge < -0.3 is 24.6 Å². The summed E-state index contributed by atoms with van der Waals surface area (Å²) in [6, 6.07) is 3.38. The number of likely N-dealkylation sites (tertiary alicyclic amines) is 2. The van der Waals surface area contributed by atoms with Crippen LogP contribution in [0.2, 0.25) is 0 Å². The molecule has 3 aliphatic rings. The van der Waals surface area contributed by atoms with Crippen molar-refractivity contribution in [3.8, 4) is 0 Å². The van der Waals surface area contributed by atoms with Gasteiger partial charge in [-0.3, -0.25) is 19.2 Å². The Hall–Kier alpha value is -3.01. The molecule has 0 aromatic carbocycles. The van der Waals surface area contributed by atoms with Gasteiger partial charge in [-0.2, -0.15) is 4.73 Å². The Balaban J connectivity index is 1.49. The fraction of sp³-hybridized carbons (Fsp3) is 0.625. The zero-order chi connectivity index (χ0) is 24.4. The molecular weight excluding hydrogens is 440 g/mol. The smallest absolute Gasteiger partial charge is 0.320 e. The van der Waals surface area contributed by atoms with E-state index >= 15 is 0 Å². The van der Waals surface area contributed by atoms with Crippen LogP contribution in [0.25, 0.3) is 0 Å². The molecule has 10 heteroatoms. The lowest BCUT2D eigenvalue weighted by Gasteiger charge is -2.31. The Labute approximate surface area is 199 Å². The van der Waals surface area contributed by atoms with E-state index in [2.05, 4.69) is 0 Å². The van der Waals surface area contributed by atoms with Crippen LogP contribution in [0.1, 0.15) is 43.6 Å². The average molecular weight is 473 g/mol. The normalized spacial score (nSPS) is 23.4. The number of Topliss-reactive ketones (excluding diaryl/α,β-unsaturated/α-hetero) is 1. The molecular formula is C24H32N4O6. The number of pyridine rings is 1. The van der Waals surface area contributed by atoms with Gasteiger partial charge in [-0.1, -0.05) is 13.8 Å². The van der Waals surface area contributed by atoms with Gasteiger partial charge in [0.1, 0.15) is 6.04 Å². The molecule has 3 unspecified atom stereocenters. The van der Waals surface area contributed by atoms with E-state index in [0.717, 1.165) is 0 Å². The summed E-state index contributed by atoms with van der Waals surface area (Å²) < 4.78 is 5.81. The van der Waals surface area contributed by atoms with Crippen molar-refractivity contribution in [2.75, 3.05) is 39.4 Å². The fourth-order valence-corrected chi connectivity index (χ4v) is 5.31. The first-order chi connectivity index (χ1) is 16.3. The molecule has 3 amide bonds. The zero-order valence-electron chi connectivity index (χ0n) is 19.7. The van der Waals surface area contributed by atoms with Crippen molar-refractivity contribution in [3.05, 3.63) is 35.3 Å². The predicted octanol–water partition coefficient (Wildman–Crippen LogP) is 0.226. The number of hydrogen-bond acceptors (Lipinski definition) is 6. The molecule has 3 atom stereocenters. The van der Waals surface area contributed by atoms with E-state index in [1.54, 1.807) is 15.9 Å². The standard InChI is InChI=1S/C24H32N4O6/c1-16(2)13-17(14-21(30)25-9-11-34-12-10-25)23(31)26-8-6-18-22(26)20(29)15-27(18)24(32)19-5-3-4-7-28(19)33/h3-5,7,16-18,22H,6,8-15H2,1-2H3. The lowest BCUT2D eigenvalue weighted by Crippen LogP contribution is -2.48. The molecule has 10 nitrogen and oxygen atoms in total. The van der Waals surface area contributed by atoms with Crippen molar-refractivity contribution < 1.29 is 28.6 Å². The molecule has 0 bridgehead atoms. The van der Waals surface area contributed by atoms with E-state index in [1.807, 2.05) is 13.8 Å². The molecule has 3 saturated heterocycles. The summed E-state index contributed by atoms with van der Waals surface area (Å²) in [5.74, 6) is -1.31. The number of rotatable bonds is 6. The molecule has 3 fully saturated rings. The molecule has 0 N–H and O–H groups in total. The third kappa shape index (κ3) is 4.77. The van der Waals surface area contributed by atoms with Crippen LogP contribution in [-0.2, 0) is 19.1 Å². The van der Waals surface area contributed by atoms with Gasteiger partial charge >= 0.3 is 5.91 Å². The van der Waals surface area contributed by atoms with Gasteiger partial charge in [0, 0.05) is 44.1 Å². The number of ether oxygens (including phenoxy) is 1. The number of nitrogens with zero attached hydrogens (tertiary/aromatic N) is 4. The van der Waals surface area contributed by atoms with Gasteiger partial charge in [-0.15, -0.1) is 0 Å². The highest BCUT2D eigenvalue weighted by Crippen LogP contribution is 2.33. The molecule has 34 heavy (non-hydrogen) atoms. The minimum Gasteiger partial charge on any atom is -0.618 e. The first-order valence-corrected chi connectivity index (χ1v) is 12.0. The van der Waals surface area contributed by atoms with Crippen molar-refractivity contribution in [2.45, 2.75) is 45.2 Å². The minimum atomic E-state index is -0.728. The lowest BCUT2D eigenvalue weighted by molar-refractivity contribution is -0.608. The zero-order valence-corrected chi connectivity index (χ0v) is 19.7. The number of carbonyl (C=O) groups excluding carboxylic acids is 4. The van der Waals surface area contributed by atoms with Crippen molar-refractivity contribution in [3.63, 3.8) is 0 Å². The first kappa shape index (κ1) is 24.1. The molecule has 184 valence electrons. The van der Waals surface area contributed by atoms with E-state index in [1.165, 1.54) is 23.2 Å². The number of ketones is 1. The van der Waals surface area contributed by atoms with Crippen LogP contribution in [0.5, 0.6) is 0 Å². The monoisotopic (exact) mass is 472 g/mol. The number of aromatic nitrogens is 1. The Morgan fingerprint density at radius 2 is 1.88 bits per heavy atom. The van der Waals surface area contributed by atoms with Gasteiger partial charge in [0.05, 0.1) is 25.8 Å². The van der Waals surface area contributed by atoms with Crippen molar-refractivity contribution in [2.24, 2.45) is 11.8 Å². The van der Waals surface area contributed by atoms with E-state index in [0.29, 0.717) is 50.4 Å². The molecule has 3 aliphatic heterocycles. The largest absolute Gasteiger partial charge is 0.618 e. The highest BCUT2D eigenvalue weighted by molar-refractivity contribution is 6.01. The summed E-state index contributed by atoms with van der Waals surface area (Å²) in [5, 5.41) is 12.1. The molecule has 0 aliphatic carbocycles. The molecule has 4 heterocycles. The average Bonchev–Trinajstić information content (AvgIpc) is 3.39. The fourth-order valence-electron chi connectivity index (χ4n) is 5.31. The summed E-state index contributed by atoms with van der Waals surface area (Å²) in [7, 11) is 0. The second-order valence-electron chi connectivity index (χ2n) is 9.67. The third-order valence-electron chi connectivity index (χ3n) is 6.90. The summed E-state index contributed by atoms with van der Waals surface area (Å²) in [6.07, 6.45) is 2.35. The highest BCUT2D eigenvalue weighted by Gasteiger charge is 2.53. The second kappa shape index (κ2) is 10.1. The number of fused-ring (bicyclic) bond motifs is 1. The molecule has 0 spiro atoms. The van der Waals surface area contributed by atoms with Gasteiger partial charge in [0.15, 0.2) is 12.0 Å². The summed E-state index contributed by atoms with van der Waals surface area (Å²) in [6.45, 7) is 6.25. The number of carbonyl (C=O) groups is 4. The highest BCUT2D eigenvalue weighted by atomic mass is 16.5. The van der Waals surface area contributed by atoms with Gasteiger partial charge in [0.2, 0.25) is 11.8 Å². The maximum atomic E-state index is 13.6. The van der Waals surface area contributed by atoms with Crippen LogP contribution in [0, 0.1) is 17.0 Å². The Morgan fingerprint density at radius 1 is 1.15 bits per heavy atom. The second-order valence-corrected chi connectivity index (χ2v) is 9.67. The van der Waals surface area contributed by atoms with Gasteiger partial charge in [0.25, 0.3) is 5.69 Å². The molecule has 1 aromatic rings. The quantitative estimate of drug-likeness (QED) is 0.432. The minimum absolute atomic E-state index is 0.0467. The van der Waals surface area contributed by atoms with E-state index in [-0.39, 0.29) is 42.2 Å². The molecule has 0 radical (unpaired) electrons. The molecule has 1 aromatic heterocycles. The van der Waals surface area contributed by atoms with Crippen LogP contribution < -0.4 is 4.73 Å². The lowest BCUT2D eigenvalue weighted by atomic mass is 9.91. The van der Waals surface area contributed by atoms with E-state index in [4.69, 9.17) is 4.74 Å². The maximum absolute atomic E-state index is 13.6. The summed E-state index contributed by atoms with van der Waals surface area (Å²) in [4.78, 5) is 57.2. The van der Waals surface area contributed by atoms with Crippen LogP contribution in [0.4, 0.5) is 0 Å². The first-order valence-electron chi connectivity index (χ1n) is 12.0. The maximum Gasteiger partial charge on any atom is 0.320 e. The van der Waals surface area contributed by atoms with Crippen molar-refractivity contribution >= 4 is 23.5 Å². The van der Waals surface area contributed by atoms with Gasteiger partial charge in [-0.25, -0.2) is 0 Å². The van der Waals surface area contributed by atoms with Crippen LogP contribution in [0.15, 0.2) is 24.4 Å². The Bertz CT molecular complexity index is 961. The predicted molar refractivity (Wildman–Crippen MR) is 120 cm³/mol. The van der Waals surface area contributed by atoms with Crippen LogP contribution in [0.3, 0.4) is 0 Å². The number of morpholine rings is 1. The van der Waals surface area contributed by atoms with E-state index in [9.17, 15) is 24.4 Å². The van der Waals surface area contributed by atoms with Gasteiger partial charge in [-0.05, 0) is 24.8 Å². The topological polar surface area (TPSA) is 114 Å².